The molecule has 154 valence electrons. The van der Waals surface area contributed by atoms with Crippen molar-refractivity contribution < 1.29 is 14.3 Å². The summed E-state index contributed by atoms with van der Waals surface area (Å²) >= 11 is 0. The van der Waals surface area contributed by atoms with E-state index in [9.17, 15) is 9.59 Å². The monoisotopic (exact) mass is 403 g/mol. The van der Waals surface area contributed by atoms with Crippen LogP contribution in [-0.4, -0.2) is 41.9 Å². The van der Waals surface area contributed by atoms with E-state index >= 15 is 0 Å². The second-order valence-corrected chi connectivity index (χ2v) is 7.21. The first-order chi connectivity index (χ1) is 14.5. The highest BCUT2D eigenvalue weighted by atomic mass is 16.5. The maximum Gasteiger partial charge on any atom is 0.225 e. The van der Waals surface area contributed by atoms with Crippen LogP contribution in [0, 0.1) is 11.3 Å². The molecule has 1 aliphatic rings. The van der Waals surface area contributed by atoms with Gasteiger partial charge in [0.2, 0.25) is 11.8 Å². The zero-order valence-corrected chi connectivity index (χ0v) is 17.2. The van der Waals surface area contributed by atoms with Crippen LogP contribution in [0.15, 0.2) is 54.7 Å². The maximum absolute atomic E-state index is 13.3. The molecule has 2 amide bonds. The summed E-state index contributed by atoms with van der Waals surface area (Å²) in [5.41, 5.74) is 3.50. The lowest BCUT2D eigenvalue weighted by Crippen LogP contribution is -2.38. The van der Waals surface area contributed by atoms with Gasteiger partial charge in [0.1, 0.15) is 0 Å². The molecule has 2 aromatic carbocycles. The number of benzene rings is 2. The second kappa shape index (κ2) is 9.86. The predicted octanol–water partition coefficient (Wildman–Crippen LogP) is 3.50. The lowest BCUT2D eigenvalue weighted by molar-refractivity contribution is -0.135. The number of rotatable bonds is 7. The van der Waals surface area contributed by atoms with Crippen LogP contribution < -0.4 is 0 Å². The first-order valence-electron chi connectivity index (χ1n) is 9.85. The van der Waals surface area contributed by atoms with Gasteiger partial charge in [-0.3, -0.25) is 9.59 Å². The Labute approximate surface area is 177 Å². The minimum Gasteiger partial charge on any atom is -0.383 e. The molecule has 0 fully saturated rings. The number of nitriles is 1. The van der Waals surface area contributed by atoms with E-state index in [0.717, 1.165) is 16.7 Å². The number of amides is 2. The molecular formula is C24H25N3O3. The molecule has 30 heavy (non-hydrogen) atoms. The van der Waals surface area contributed by atoms with Gasteiger partial charge in [0.05, 0.1) is 30.7 Å². The van der Waals surface area contributed by atoms with E-state index in [4.69, 9.17) is 10.00 Å². The largest absolute Gasteiger partial charge is 0.383 e. The molecule has 1 unspecified atom stereocenters. The number of hydrogen-bond acceptors (Lipinski definition) is 4. The third kappa shape index (κ3) is 4.94. The van der Waals surface area contributed by atoms with Crippen molar-refractivity contribution in [2.45, 2.75) is 25.9 Å². The molecule has 0 spiro atoms. The van der Waals surface area contributed by atoms with Crippen LogP contribution in [0.4, 0.5) is 0 Å². The number of hydrogen-bond donors (Lipinski definition) is 0. The molecule has 6 nitrogen and oxygen atoms in total. The molecule has 0 radical (unpaired) electrons. The molecule has 2 aromatic rings. The fourth-order valence-electron chi connectivity index (χ4n) is 3.61. The second-order valence-electron chi connectivity index (χ2n) is 7.21. The van der Waals surface area contributed by atoms with E-state index in [2.05, 4.69) is 6.07 Å². The maximum atomic E-state index is 13.3. The number of ether oxygens (including phenoxy) is 1. The van der Waals surface area contributed by atoms with Gasteiger partial charge < -0.3 is 14.5 Å². The van der Waals surface area contributed by atoms with Crippen molar-refractivity contribution in [2.24, 2.45) is 0 Å². The molecule has 3 rings (SSSR count). The van der Waals surface area contributed by atoms with Crippen LogP contribution in [0.3, 0.4) is 0 Å². The molecule has 0 saturated heterocycles. The molecule has 0 aromatic heterocycles. The van der Waals surface area contributed by atoms with Crippen molar-refractivity contribution in [1.29, 1.82) is 5.26 Å². The smallest absolute Gasteiger partial charge is 0.225 e. The minimum atomic E-state index is -0.345. The van der Waals surface area contributed by atoms with Crippen LogP contribution >= 0.6 is 0 Å². The Hall–Kier alpha value is -3.43. The van der Waals surface area contributed by atoms with E-state index in [1.165, 1.54) is 6.92 Å². The van der Waals surface area contributed by atoms with Gasteiger partial charge in [-0.2, -0.15) is 5.26 Å². The Balaban J connectivity index is 1.81. The number of methoxy groups -OCH3 is 1. The fraction of sp³-hybridized carbons (Fsp3) is 0.292. The molecule has 1 heterocycles. The van der Waals surface area contributed by atoms with E-state index in [1.54, 1.807) is 35.2 Å². The average Bonchev–Trinajstić information content (AvgIpc) is 2.77. The predicted molar refractivity (Wildman–Crippen MR) is 114 cm³/mol. The summed E-state index contributed by atoms with van der Waals surface area (Å²) in [6.45, 7) is 2.78. The molecule has 1 aliphatic heterocycles. The Morgan fingerprint density at radius 1 is 1.17 bits per heavy atom. The Kier molecular flexibility index (Phi) is 6.99. The van der Waals surface area contributed by atoms with E-state index in [0.29, 0.717) is 25.3 Å². The van der Waals surface area contributed by atoms with Gasteiger partial charge in [0, 0.05) is 33.3 Å². The number of fused-ring (bicyclic) bond motifs is 1. The summed E-state index contributed by atoms with van der Waals surface area (Å²) in [5.74, 6) is -0.160. The highest BCUT2D eigenvalue weighted by Crippen LogP contribution is 2.33. The van der Waals surface area contributed by atoms with Crippen LogP contribution in [0.25, 0.3) is 6.08 Å². The summed E-state index contributed by atoms with van der Waals surface area (Å²) < 4.78 is 5.19. The topological polar surface area (TPSA) is 73.6 Å². The van der Waals surface area contributed by atoms with Gasteiger partial charge in [-0.15, -0.1) is 0 Å². The lowest BCUT2D eigenvalue weighted by Gasteiger charge is -2.34. The van der Waals surface area contributed by atoms with Gasteiger partial charge >= 0.3 is 0 Å². The molecule has 0 N–H and O–H groups in total. The van der Waals surface area contributed by atoms with Crippen molar-refractivity contribution >= 4 is 17.9 Å². The van der Waals surface area contributed by atoms with Crippen molar-refractivity contribution in [2.75, 3.05) is 20.3 Å². The molecule has 0 aliphatic carbocycles. The SMILES string of the molecule is COCCN(Cc1ccc(C#N)cc1)C(=O)CC1c2ccccc2C=CN1C(C)=O. The Bertz CT molecular complexity index is 976. The van der Waals surface area contributed by atoms with Crippen molar-refractivity contribution in [3.8, 4) is 6.07 Å². The van der Waals surface area contributed by atoms with Gasteiger partial charge in [-0.05, 0) is 34.9 Å². The van der Waals surface area contributed by atoms with E-state index < -0.39 is 0 Å². The summed E-state index contributed by atoms with van der Waals surface area (Å²) in [6.07, 6.45) is 3.83. The van der Waals surface area contributed by atoms with Gasteiger partial charge in [0.15, 0.2) is 0 Å². The first-order valence-corrected chi connectivity index (χ1v) is 9.85. The zero-order chi connectivity index (χ0) is 21.5. The summed E-state index contributed by atoms with van der Waals surface area (Å²) in [6, 6.07) is 16.8. The molecule has 1 atom stereocenters. The Morgan fingerprint density at radius 2 is 1.90 bits per heavy atom. The highest BCUT2D eigenvalue weighted by molar-refractivity contribution is 5.82. The third-order valence-electron chi connectivity index (χ3n) is 5.21. The number of carbonyl (C=O) groups is 2. The number of nitrogens with zero attached hydrogens (tertiary/aromatic N) is 3. The van der Waals surface area contributed by atoms with Gasteiger partial charge in [-0.1, -0.05) is 36.4 Å². The Morgan fingerprint density at radius 3 is 2.57 bits per heavy atom. The average molecular weight is 403 g/mol. The third-order valence-corrected chi connectivity index (χ3v) is 5.21. The van der Waals surface area contributed by atoms with Crippen molar-refractivity contribution in [1.82, 2.24) is 9.80 Å². The molecular weight excluding hydrogens is 378 g/mol. The van der Waals surface area contributed by atoms with Gasteiger partial charge in [-0.25, -0.2) is 0 Å². The molecule has 6 heteroatoms. The lowest BCUT2D eigenvalue weighted by atomic mass is 9.93. The van der Waals surface area contributed by atoms with E-state index in [-0.39, 0.29) is 24.3 Å². The molecule has 0 bridgehead atoms. The summed E-state index contributed by atoms with van der Waals surface area (Å²) in [7, 11) is 1.60. The zero-order valence-electron chi connectivity index (χ0n) is 17.2. The first kappa shape index (κ1) is 21.3. The highest BCUT2D eigenvalue weighted by Gasteiger charge is 2.29. The van der Waals surface area contributed by atoms with Crippen LogP contribution in [0.1, 0.15) is 41.6 Å². The quantitative estimate of drug-likeness (QED) is 0.709. The van der Waals surface area contributed by atoms with Gasteiger partial charge in [0.25, 0.3) is 0 Å². The van der Waals surface area contributed by atoms with Crippen LogP contribution in [-0.2, 0) is 20.9 Å². The normalized spacial score (nSPS) is 14.7. The summed E-state index contributed by atoms with van der Waals surface area (Å²) in [4.78, 5) is 28.8. The summed E-state index contributed by atoms with van der Waals surface area (Å²) in [5, 5.41) is 8.98. The van der Waals surface area contributed by atoms with Crippen LogP contribution in [0.5, 0.6) is 0 Å². The standard InChI is InChI=1S/C24H25N3O3/c1-18(28)27-12-11-21-5-3-4-6-22(21)23(27)15-24(29)26(13-14-30-2)17-20-9-7-19(16-25)8-10-20/h3-12,23H,13-15,17H2,1-2H3. The fourth-order valence-corrected chi connectivity index (χ4v) is 3.61. The van der Waals surface area contributed by atoms with E-state index in [1.807, 2.05) is 42.5 Å². The van der Waals surface area contributed by atoms with Crippen molar-refractivity contribution in [3.63, 3.8) is 0 Å². The number of carbonyl (C=O) groups excluding carboxylic acids is 2. The van der Waals surface area contributed by atoms with Crippen molar-refractivity contribution in [3.05, 3.63) is 77.0 Å². The van der Waals surface area contributed by atoms with Crippen LogP contribution in [0.2, 0.25) is 0 Å². The minimum absolute atomic E-state index is 0.0576. The molecule has 0 saturated carbocycles.